The predicted molar refractivity (Wildman–Crippen MR) is 176 cm³/mol. The fourth-order valence-corrected chi connectivity index (χ4v) is 8.13. The van der Waals surface area contributed by atoms with E-state index < -0.39 is 12.2 Å². The summed E-state index contributed by atoms with van der Waals surface area (Å²) in [5.41, 5.74) is 8.58. The van der Waals surface area contributed by atoms with Gasteiger partial charge in [-0.3, -0.25) is 10.1 Å². The van der Waals surface area contributed by atoms with Crippen molar-refractivity contribution in [3.05, 3.63) is 45.3 Å². The third-order valence-electron chi connectivity index (χ3n) is 9.70. The standard InChI is InChI=1S/C33H41ClN6O4S/c1-2-23-18-22(19-27(34)29(23)35)20-28(31(41)38-13-6-25(7-14-38)37-11-4-3-5-12-37)44-33(43)39-15-8-26(9-16-39)40-21-24-10-17-45-30(24)36-32(40)42/h1,10,17-19,25-26,28H,3-9,11-16,20-21,35H2,(H,36,42)/t28-/m1/s1. The van der Waals surface area contributed by atoms with Crippen LogP contribution in [-0.4, -0.2) is 95.1 Å². The average Bonchev–Trinajstić information content (AvgIpc) is 3.53. The van der Waals surface area contributed by atoms with Crippen LogP contribution in [0.5, 0.6) is 0 Å². The number of hydrogen-bond donors (Lipinski definition) is 2. The van der Waals surface area contributed by atoms with Crippen molar-refractivity contribution < 1.29 is 19.1 Å². The summed E-state index contributed by atoms with van der Waals surface area (Å²) in [7, 11) is 0. The van der Waals surface area contributed by atoms with Gasteiger partial charge in [0.1, 0.15) is 5.00 Å². The molecular formula is C33H41ClN6O4S. The van der Waals surface area contributed by atoms with Crippen molar-refractivity contribution >= 4 is 51.7 Å². The Labute approximate surface area is 273 Å². The van der Waals surface area contributed by atoms with Crippen molar-refractivity contribution in [2.75, 3.05) is 50.3 Å². The van der Waals surface area contributed by atoms with E-state index >= 15 is 0 Å². The molecule has 2 aromatic rings. The number of anilines is 2. The highest BCUT2D eigenvalue weighted by Crippen LogP contribution is 2.32. The van der Waals surface area contributed by atoms with Crippen molar-refractivity contribution in [3.63, 3.8) is 0 Å². The highest BCUT2D eigenvalue weighted by atomic mass is 35.5. The normalized spacial score (nSPS) is 20.7. The zero-order valence-corrected chi connectivity index (χ0v) is 27.1. The Kier molecular flexibility index (Phi) is 9.73. The van der Waals surface area contributed by atoms with E-state index in [4.69, 9.17) is 28.5 Å². The third-order valence-corrected chi connectivity index (χ3v) is 10.9. The van der Waals surface area contributed by atoms with Crippen LogP contribution in [0.1, 0.15) is 61.6 Å². The first-order valence-electron chi connectivity index (χ1n) is 16.0. The number of thiophene rings is 1. The molecule has 240 valence electrons. The number of fused-ring (bicyclic) bond motifs is 1. The average molecular weight is 653 g/mol. The molecule has 4 aliphatic rings. The van der Waals surface area contributed by atoms with Crippen LogP contribution in [-0.2, 0) is 22.5 Å². The van der Waals surface area contributed by atoms with Crippen LogP contribution in [0.4, 0.5) is 20.3 Å². The van der Waals surface area contributed by atoms with Gasteiger partial charge in [0.25, 0.3) is 5.91 Å². The molecule has 3 saturated heterocycles. The van der Waals surface area contributed by atoms with Crippen LogP contribution >= 0.6 is 22.9 Å². The molecule has 1 aromatic carbocycles. The van der Waals surface area contributed by atoms with Gasteiger partial charge < -0.3 is 30.1 Å². The number of ether oxygens (including phenoxy) is 1. The van der Waals surface area contributed by atoms with E-state index in [1.165, 1.54) is 30.6 Å². The molecule has 12 heteroatoms. The lowest BCUT2D eigenvalue weighted by Gasteiger charge is -2.41. The number of terminal acetylenes is 1. The summed E-state index contributed by atoms with van der Waals surface area (Å²) in [6, 6.07) is 5.84. The molecule has 0 radical (unpaired) electrons. The second-order valence-electron chi connectivity index (χ2n) is 12.5. The zero-order chi connectivity index (χ0) is 31.5. The maximum atomic E-state index is 14.0. The Hall–Kier alpha value is -3.46. The molecule has 0 aliphatic carbocycles. The Morgan fingerprint density at radius 2 is 1.73 bits per heavy atom. The maximum absolute atomic E-state index is 14.0. The van der Waals surface area contributed by atoms with E-state index in [2.05, 4.69) is 16.1 Å². The fourth-order valence-electron chi connectivity index (χ4n) is 7.09. The van der Waals surface area contributed by atoms with Gasteiger partial charge in [-0.05, 0) is 80.8 Å². The summed E-state index contributed by atoms with van der Waals surface area (Å²) >= 11 is 7.89. The molecule has 4 amide bonds. The van der Waals surface area contributed by atoms with E-state index in [-0.39, 0.29) is 24.4 Å². The van der Waals surface area contributed by atoms with Crippen LogP contribution in [0.25, 0.3) is 0 Å². The van der Waals surface area contributed by atoms with Gasteiger partial charge in [-0.2, -0.15) is 0 Å². The smallest absolute Gasteiger partial charge is 0.410 e. The molecule has 0 unspecified atom stereocenters. The lowest BCUT2D eigenvalue weighted by atomic mass is 9.98. The summed E-state index contributed by atoms with van der Waals surface area (Å²) in [5, 5.41) is 6.16. The Bertz CT molecular complexity index is 1450. The van der Waals surface area contributed by atoms with Crippen molar-refractivity contribution in [1.29, 1.82) is 0 Å². The quantitative estimate of drug-likeness (QED) is 0.336. The maximum Gasteiger partial charge on any atom is 0.410 e. The lowest BCUT2D eigenvalue weighted by molar-refractivity contribution is -0.142. The molecule has 6 rings (SSSR count). The van der Waals surface area contributed by atoms with Gasteiger partial charge in [0.2, 0.25) is 0 Å². The minimum atomic E-state index is -1.03. The molecule has 0 bridgehead atoms. The number of piperidine rings is 3. The number of nitrogens with zero attached hydrogens (tertiary/aromatic N) is 4. The number of nitrogen functional groups attached to an aromatic ring is 1. The summed E-state index contributed by atoms with van der Waals surface area (Å²) in [6.45, 7) is 4.93. The van der Waals surface area contributed by atoms with Gasteiger partial charge in [-0.25, -0.2) is 9.59 Å². The van der Waals surface area contributed by atoms with Crippen molar-refractivity contribution in [1.82, 2.24) is 19.6 Å². The number of urea groups is 1. The molecule has 1 atom stereocenters. The topological polar surface area (TPSA) is 111 Å². The summed E-state index contributed by atoms with van der Waals surface area (Å²) in [6.07, 6.45) is 11.1. The second-order valence-corrected chi connectivity index (χ2v) is 13.8. The van der Waals surface area contributed by atoms with Crippen LogP contribution in [0, 0.1) is 12.3 Å². The van der Waals surface area contributed by atoms with Crippen LogP contribution in [0.3, 0.4) is 0 Å². The highest BCUT2D eigenvalue weighted by molar-refractivity contribution is 7.14. The van der Waals surface area contributed by atoms with E-state index in [1.54, 1.807) is 17.0 Å². The Balaban J connectivity index is 1.11. The molecule has 45 heavy (non-hydrogen) atoms. The van der Waals surface area contributed by atoms with E-state index in [1.807, 2.05) is 21.2 Å². The molecule has 4 aliphatic heterocycles. The first-order valence-corrected chi connectivity index (χ1v) is 17.2. The van der Waals surface area contributed by atoms with Gasteiger partial charge in [-0.15, -0.1) is 17.8 Å². The number of amides is 4. The van der Waals surface area contributed by atoms with Crippen molar-refractivity contribution in [2.45, 2.75) is 76.1 Å². The van der Waals surface area contributed by atoms with Gasteiger partial charge in [-0.1, -0.05) is 23.9 Å². The lowest BCUT2D eigenvalue weighted by Crippen LogP contribution is -2.53. The predicted octanol–water partition coefficient (Wildman–Crippen LogP) is 5.00. The largest absolute Gasteiger partial charge is 0.436 e. The fraction of sp³-hybridized carbons (Fsp3) is 0.545. The summed E-state index contributed by atoms with van der Waals surface area (Å²) in [5.74, 6) is 2.35. The molecule has 10 nitrogen and oxygen atoms in total. The van der Waals surface area contributed by atoms with Crippen LogP contribution < -0.4 is 11.1 Å². The number of nitrogens with one attached hydrogen (secondary N) is 1. The third kappa shape index (κ3) is 7.03. The Morgan fingerprint density at radius 3 is 2.44 bits per heavy atom. The first kappa shape index (κ1) is 31.5. The minimum absolute atomic E-state index is 0.0137. The summed E-state index contributed by atoms with van der Waals surface area (Å²) < 4.78 is 6.00. The molecule has 1 aromatic heterocycles. The van der Waals surface area contributed by atoms with Gasteiger partial charge in [0.05, 0.1) is 17.3 Å². The van der Waals surface area contributed by atoms with Crippen molar-refractivity contribution in [3.8, 4) is 12.3 Å². The Morgan fingerprint density at radius 1 is 1.04 bits per heavy atom. The van der Waals surface area contributed by atoms with Crippen molar-refractivity contribution in [2.24, 2.45) is 0 Å². The minimum Gasteiger partial charge on any atom is -0.436 e. The number of carbonyl (C=O) groups is 3. The number of rotatable bonds is 6. The monoisotopic (exact) mass is 652 g/mol. The number of hydrogen-bond acceptors (Lipinski definition) is 7. The van der Waals surface area contributed by atoms with Gasteiger partial charge in [0.15, 0.2) is 6.10 Å². The molecular weight excluding hydrogens is 612 g/mol. The number of nitrogens with two attached hydrogens (primary N) is 1. The zero-order valence-electron chi connectivity index (χ0n) is 25.5. The SMILES string of the molecule is C#Cc1cc(C[C@@H](OC(=O)N2CCC(N3Cc4ccsc4NC3=O)CC2)C(=O)N2CCC(N3CCCCC3)CC2)cc(Cl)c1N. The van der Waals surface area contributed by atoms with Crippen LogP contribution in [0.15, 0.2) is 23.6 Å². The van der Waals surface area contributed by atoms with Crippen LogP contribution in [0.2, 0.25) is 5.02 Å². The summed E-state index contributed by atoms with van der Waals surface area (Å²) in [4.78, 5) is 48.1. The molecule has 3 fully saturated rings. The number of likely N-dealkylation sites (tertiary alicyclic amines) is 3. The van der Waals surface area contributed by atoms with Gasteiger partial charge in [0, 0.05) is 55.8 Å². The first-order chi connectivity index (χ1) is 21.8. The number of halogens is 1. The molecule has 0 saturated carbocycles. The van der Waals surface area contributed by atoms with E-state index in [0.29, 0.717) is 73.4 Å². The highest BCUT2D eigenvalue weighted by Gasteiger charge is 2.37. The number of carbonyl (C=O) groups excluding carboxylic acids is 3. The molecule has 0 spiro atoms. The molecule has 5 heterocycles. The van der Waals surface area contributed by atoms with Gasteiger partial charge >= 0.3 is 12.1 Å². The van der Waals surface area contributed by atoms with E-state index in [9.17, 15) is 14.4 Å². The molecule has 3 N–H and O–H groups in total. The van der Waals surface area contributed by atoms with E-state index in [0.717, 1.165) is 36.5 Å². The number of benzene rings is 1. The second kappa shape index (κ2) is 13.9.